The van der Waals surface area contributed by atoms with Gasteiger partial charge in [0.15, 0.2) is 0 Å². The molecule has 1 saturated carbocycles. The van der Waals surface area contributed by atoms with Crippen molar-refractivity contribution >= 4 is 5.78 Å². The van der Waals surface area contributed by atoms with E-state index in [1.54, 1.807) is 0 Å². The van der Waals surface area contributed by atoms with E-state index in [-0.39, 0.29) is 0 Å². The predicted octanol–water partition coefficient (Wildman–Crippen LogP) is 3.73. The first-order valence-corrected chi connectivity index (χ1v) is 7.44. The van der Waals surface area contributed by atoms with Crippen LogP contribution in [0.2, 0.25) is 0 Å². The van der Waals surface area contributed by atoms with E-state index in [1.807, 2.05) is 0 Å². The number of ether oxygens (including phenoxy) is 1. The van der Waals surface area contributed by atoms with Gasteiger partial charge in [-0.3, -0.25) is 4.79 Å². The van der Waals surface area contributed by atoms with Crippen LogP contribution in [0.4, 0.5) is 0 Å². The highest BCUT2D eigenvalue weighted by Gasteiger charge is 2.29. The molecule has 98 valence electrons. The first kappa shape index (κ1) is 13.1. The minimum atomic E-state index is 0.351. The number of ketones is 1. The van der Waals surface area contributed by atoms with Crippen molar-refractivity contribution in [2.45, 2.75) is 70.8 Å². The molecule has 2 nitrogen and oxygen atoms in total. The minimum Gasteiger partial charge on any atom is -0.378 e. The zero-order valence-electron chi connectivity index (χ0n) is 11.1. The van der Waals surface area contributed by atoms with Gasteiger partial charge in [-0.1, -0.05) is 19.8 Å². The summed E-state index contributed by atoms with van der Waals surface area (Å²) < 4.78 is 5.64. The van der Waals surface area contributed by atoms with Gasteiger partial charge in [0.2, 0.25) is 0 Å². The SMILES string of the molecule is CCCC1CCC(=O)C(CCC2CCCO2)C1. The molecule has 2 heteroatoms. The molecule has 3 atom stereocenters. The third-order valence-corrected chi connectivity index (χ3v) is 4.43. The molecule has 0 aromatic carbocycles. The molecular weight excluding hydrogens is 212 g/mol. The lowest BCUT2D eigenvalue weighted by Crippen LogP contribution is -2.26. The topological polar surface area (TPSA) is 26.3 Å². The largest absolute Gasteiger partial charge is 0.378 e. The second-order valence-corrected chi connectivity index (χ2v) is 5.80. The van der Waals surface area contributed by atoms with Gasteiger partial charge >= 0.3 is 0 Å². The molecule has 2 aliphatic rings. The maximum atomic E-state index is 11.9. The lowest BCUT2D eigenvalue weighted by molar-refractivity contribution is -0.126. The summed E-state index contributed by atoms with van der Waals surface area (Å²) >= 11 is 0. The summed E-state index contributed by atoms with van der Waals surface area (Å²) in [6, 6.07) is 0. The Bertz CT molecular complexity index is 243. The third kappa shape index (κ3) is 3.80. The normalized spacial score (nSPS) is 34.2. The average molecular weight is 238 g/mol. The molecule has 2 rings (SSSR count). The summed E-state index contributed by atoms with van der Waals surface area (Å²) in [5, 5.41) is 0. The Morgan fingerprint density at radius 3 is 2.82 bits per heavy atom. The van der Waals surface area contributed by atoms with E-state index in [0.29, 0.717) is 17.8 Å². The number of hydrogen-bond donors (Lipinski definition) is 0. The highest BCUT2D eigenvalue weighted by atomic mass is 16.5. The number of carbonyl (C=O) groups is 1. The van der Waals surface area contributed by atoms with Gasteiger partial charge in [0.1, 0.15) is 5.78 Å². The van der Waals surface area contributed by atoms with Gasteiger partial charge in [0.05, 0.1) is 6.10 Å². The van der Waals surface area contributed by atoms with Crippen molar-refractivity contribution in [2.24, 2.45) is 11.8 Å². The minimum absolute atomic E-state index is 0.351. The van der Waals surface area contributed by atoms with Crippen LogP contribution in [0.25, 0.3) is 0 Å². The van der Waals surface area contributed by atoms with E-state index in [1.165, 1.54) is 25.7 Å². The zero-order valence-corrected chi connectivity index (χ0v) is 11.1. The Balaban J connectivity index is 1.74. The fraction of sp³-hybridized carbons (Fsp3) is 0.933. The fourth-order valence-corrected chi connectivity index (χ4v) is 3.41. The van der Waals surface area contributed by atoms with Crippen LogP contribution in [0, 0.1) is 11.8 Å². The van der Waals surface area contributed by atoms with Crippen molar-refractivity contribution in [3.63, 3.8) is 0 Å². The molecule has 1 heterocycles. The molecule has 3 unspecified atom stereocenters. The number of carbonyl (C=O) groups excluding carboxylic acids is 1. The standard InChI is InChI=1S/C15H26O2/c1-2-4-12-6-9-15(16)13(11-12)7-8-14-5-3-10-17-14/h12-14H,2-11H2,1H3. The molecule has 0 bridgehead atoms. The molecule has 0 aromatic rings. The van der Waals surface area contributed by atoms with Crippen LogP contribution in [0.5, 0.6) is 0 Å². The van der Waals surface area contributed by atoms with E-state index in [2.05, 4.69) is 6.92 Å². The van der Waals surface area contributed by atoms with Crippen molar-refractivity contribution in [1.29, 1.82) is 0 Å². The Morgan fingerprint density at radius 2 is 2.12 bits per heavy atom. The monoisotopic (exact) mass is 238 g/mol. The summed E-state index contributed by atoms with van der Waals surface area (Å²) in [4.78, 5) is 11.9. The van der Waals surface area contributed by atoms with Crippen LogP contribution < -0.4 is 0 Å². The molecule has 17 heavy (non-hydrogen) atoms. The molecule has 0 spiro atoms. The van der Waals surface area contributed by atoms with Crippen molar-refractivity contribution in [3.05, 3.63) is 0 Å². The second kappa shape index (κ2) is 6.53. The Morgan fingerprint density at radius 1 is 1.24 bits per heavy atom. The molecular formula is C15H26O2. The molecule has 0 aromatic heterocycles. The maximum absolute atomic E-state index is 11.9. The van der Waals surface area contributed by atoms with Gasteiger partial charge in [-0.25, -0.2) is 0 Å². The Hall–Kier alpha value is -0.370. The van der Waals surface area contributed by atoms with Crippen LogP contribution in [-0.2, 0) is 9.53 Å². The Labute approximate surface area is 105 Å². The lowest BCUT2D eigenvalue weighted by atomic mass is 9.76. The van der Waals surface area contributed by atoms with Gasteiger partial charge in [0.25, 0.3) is 0 Å². The van der Waals surface area contributed by atoms with Gasteiger partial charge in [-0.2, -0.15) is 0 Å². The van der Waals surface area contributed by atoms with E-state index >= 15 is 0 Å². The molecule has 2 fully saturated rings. The van der Waals surface area contributed by atoms with Crippen molar-refractivity contribution < 1.29 is 9.53 Å². The highest BCUT2D eigenvalue weighted by Crippen LogP contribution is 2.33. The van der Waals surface area contributed by atoms with Crippen molar-refractivity contribution in [3.8, 4) is 0 Å². The van der Waals surface area contributed by atoms with Crippen LogP contribution in [0.3, 0.4) is 0 Å². The first-order valence-electron chi connectivity index (χ1n) is 7.44. The summed E-state index contributed by atoms with van der Waals surface area (Å²) in [5.74, 6) is 1.69. The van der Waals surface area contributed by atoms with E-state index in [9.17, 15) is 4.79 Å². The van der Waals surface area contributed by atoms with Crippen LogP contribution in [0.15, 0.2) is 0 Å². The van der Waals surface area contributed by atoms with Gasteiger partial charge in [-0.15, -0.1) is 0 Å². The predicted molar refractivity (Wildman–Crippen MR) is 69.0 cm³/mol. The summed E-state index contributed by atoms with van der Waals surface area (Å²) in [7, 11) is 0. The average Bonchev–Trinajstić information content (AvgIpc) is 2.83. The van der Waals surface area contributed by atoms with E-state index in [4.69, 9.17) is 4.74 Å². The number of rotatable bonds is 5. The third-order valence-electron chi connectivity index (χ3n) is 4.43. The lowest BCUT2D eigenvalue weighted by Gasteiger charge is -2.28. The molecule has 1 aliphatic heterocycles. The van der Waals surface area contributed by atoms with Crippen molar-refractivity contribution in [1.82, 2.24) is 0 Å². The number of hydrogen-bond acceptors (Lipinski definition) is 2. The summed E-state index contributed by atoms with van der Waals surface area (Å²) in [6.07, 6.45) is 10.7. The molecule has 1 saturated heterocycles. The van der Waals surface area contributed by atoms with Crippen LogP contribution in [-0.4, -0.2) is 18.5 Å². The van der Waals surface area contributed by atoms with Gasteiger partial charge < -0.3 is 4.74 Å². The Kier molecular flexibility index (Phi) is 5.02. The van der Waals surface area contributed by atoms with Gasteiger partial charge in [0, 0.05) is 18.9 Å². The zero-order chi connectivity index (χ0) is 12.1. The smallest absolute Gasteiger partial charge is 0.135 e. The van der Waals surface area contributed by atoms with Crippen LogP contribution >= 0.6 is 0 Å². The van der Waals surface area contributed by atoms with E-state index in [0.717, 1.165) is 44.6 Å². The second-order valence-electron chi connectivity index (χ2n) is 5.80. The molecule has 0 amide bonds. The number of Topliss-reactive ketones (excluding diaryl/α,β-unsaturated/α-hetero) is 1. The molecule has 0 N–H and O–H groups in total. The highest BCUT2D eigenvalue weighted by molar-refractivity contribution is 5.81. The fourth-order valence-electron chi connectivity index (χ4n) is 3.41. The van der Waals surface area contributed by atoms with Crippen molar-refractivity contribution in [2.75, 3.05) is 6.61 Å². The van der Waals surface area contributed by atoms with E-state index < -0.39 is 0 Å². The van der Waals surface area contributed by atoms with Gasteiger partial charge in [-0.05, 0) is 44.4 Å². The molecule has 0 radical (unpaired) electrons. The van der Waals surface area contributed by atoms with Crippen LogP contribution in [0.1, 0.15) is 64.7 Å². The quantitative estimate of drug-likeness (QED) is 0.729. The summed E-state index contributed by atoms with van der Waals surface area (Å²) in [5.41, 5.74) is 0. The first-order chi connectivity index (χ1) is 8.29. The summed E-state index contributed by atoms with van der Waals surface area (Å²) in [6.45, 7) is 3.18. The molecule has 1 aliphatic carbocycles. The maximum Gasteiger partial charge on any atom is 0.135 e.